The van der Waals surface area contributed by atoms with Crippen LogP contribution < -0.4 is 10.1 Å². The first-order valence-corrected chi connectivity index (χ1v) is 7.00. The maximum atomic E-state index is 5.46. The van der Waals surface area contributed by atoms with Crippen LogP contribution in [0, 0.1) is 5.92 Å². The van der Waals surface area contributed by atoms with Gasteiger partial charge in [-0.3, -0.25) is 0 Å². The summed E-state index contributed by atoms with van der Waals surface area (Å²) in [7, 11) is 0. The summed E-state index contributed by atoms with van der Waals surface area (Å²) in [5.41, 5.74) is 0.902. The Morgan fingerprint density at radius 2 is 2.17 bits per heavy atom. The van der Waals surface area contributed by atoms with E-state index in [0.29, 0.717) is 18.6 Å². The van der Waals surface area contributed by atoms with Crippen molar-refractivity contribution in [2.45, 2.75) is 53.0 Å². The highest BCUT2D eigenvalue weighted by atomic mass is 16.6. The maximum absolute atomic E-state index is 5.46. The van der Waals surface area contributed by atoms with Gasteiger partial charge in [0.15, 0.2) is 0 Å². The first-order chi connectivity index (χ1) is 8.72. The molecule has 1 heterocycles. The lowest BCUT2D eigenvalue weighted by Crippen LogP contribution is -2.19. The number of nitrogens with one attached hydrogen (secondary N) is 1. The zero-order valence-corrected chi connectivity index (χ0v) is 11.9. The number of hydrogen-bond acceptors (Lipinski definition) is 4. The molecule has 0 saturated carbocycles. The Bertz CT molecular complexity index is 310. The van der Waals surface area contributed by atoms with Gasteiger partial charge >= 0.3 is 6.08 Å². The predicted octanol–water partition coefficient (Wildman–Crippen LogP) is 3.38. The molecule has 18 heavy (non-hydrogen) atoms. The van der Waals surface area contributed by atoms with E-state index < -0.39 is 0 Å². The van der Waals surface area contributed by atoms with E-state index in [-0.39, 0.29) is 0 Å². The van der Waals surface area contributed by atoms with E-state index in [1.165, 1.54) is 19.3 Å². The molecule has 0 unspecified atom stereocenters. The Labute approximate surface area is 110 Å². The van der Waals surface area contributed by atoms with Crippen LogP contribution in [0.3, 0.4) is 0 Å². The van der Waals surface area contributed by atoms with E-state index >= 15 is 0 Å². The summed E-state index contributed by atoms with van der Waals surface area (Å²) < 4.78 is 10.7. The van der Waals surface area contributed by atoms with Crippen molar-refractivity contribution in [3.8, 4) is 6.08 Å². The molecule has 104 valence electrons. The Morgan fingerprint density at radius 1 is 1.33 bits per heavy atom. The topological polar surface area (TPSA) is 47.3 Å². The molecule has 1 aromatic rings. The number of ether oxygens (including phenoxy) is 1. The molecule has 4 heteroatoms. The largest absolute Gasteiger partial charge is 0.450 e. The SMILES string of the molecule is CCCCCCOc1nc(CNCC(C)C)co1. The number of unbranched alkanes of at least 4 members (excludes halogenated alkanes) is 3. The molecular weight excluding hydrogens is 228 g/mol. The van der Waals surface area contributed by atoms with Crippen LogP contribution in [0.2, 0.25) is 0 Å². The zero-order valence-electron chi connectivity index (χ0n) is 11.9. The molecule has 0 bridgehead atoms. The molecule has 0 saturated heterocycles. The van der Waals surface area contributed by atoms with Gasteiger partial charge in [-0.1, -0.05) is 40.0 Å². The summed E-state index contributed by atoms with van der Waals surface area (Å²) in [4.78, 5) is 4.27. The van der Waals surface area contributed by atoms with Gasteiger partial charge in [-0.15, -0.1) is 0 Å². The van der Waals surface area contributed by atoms with Crippen molar-refractivity contribution >= 4 is 0 Å². The van der Waals surface area contributed by atoms with Crippen LogP contribution in [-0.4, -0.2) is 18.1 Å². The van der Waals surface area contributed by atoms with Crippen molar-refractivity contribution in [3.05, 3.63) is 12.0 Å². The van der Waals surface area contributed by atoms with Crippen LogP contribution in [-0.2, 0) is 6.54 Å². The third kappa shape index (κ3) is 6.64. The van der Waals surface area contributed by atoms with Crippen LogP contribution in [0.15, 0.2) is 10.7 Å². The van der Waals surface area contributed by atoms with E-state index in [0.717, 1.165) is 25.2 Å². The second kappa shape index (κ2) is 8.97. The van der Waals surface area contributed by atoms with E-state index in [4.69, 9.17) is 9.15 Å². The van der Waals surface area contributed by atoms with Crippen LogP contribution >= 0.6 is 0 Å². The van der Waals surface area contributed by atoms with Crippen LogP contribution in [0.4, 0.5) is 0 Å². The summed E-state index contributed by atoms with van der Waals surface area (Å²) in [6.45, 7) is 8.98. The van der Waals surface area contributed by atoms with Gasteiger partial charge < -0.3 is 14.5 Å². The molecule has 0 spiro atoms. The van der Waals surface area contributed by atoms with Gasteiger partial charge in [0.05, 0.1) is 12.3 Å². The maximum Gasteiger partial charge on any atom is 0.393 e. The van der Waals surface area contributed by atoms with Gasteiger partial charge in [0, 0.05) is 6.54 Å². The van der Waals surface area contributed by atoms with Crippen molar-refractivity contribution in [1.29, 1.82) is 0 Å². The van der Waals surface area contributed by atoms with Crippen LogP contribution in [0.5, 0.6) is 6.08 Å². The molecule has 0 radical (unpaired) electrons. The fourth-order valence-electron chi connectivity index (χ4n) is 1.61. The van der Waals surface area contributed by atoms with Gasteiger partial charge in [0.2, 0.25) is 0 Å². The number of hydrogen-bond donors (Lipinski definition) is 1. The molecule has 0 aliphatic heterocycles. The molecule has 0 fully saturated rings. The zero-order chi connectivity index (χ0) is 13.2. The second-order valence-electron chi connectivity index (χ2n) is 5.04. The minimum atomic E-state index is 0.396. The van der Waals surface area contributed by atoms with E-state index in [2.05, 4.69) is 31.1 Å². The fraction of sp³-hybridized carbons (Fsp3) is 0.786. The highest BCUT2D eigenvalue weighted by molar-refractivity contribution is 4.99. The molecule has 1 rings (SSSR count). The quantitative estimate of drug-likeness (QED) is 0.650. The average molecular weight is 254 g/mol. The van der Waals surface area contributed by atoms with Gasteiger partial charge in [0.25, 0.3) is 0 Å². The summed E-state index contributed by atoms with van der Waals surface area (Å²) in [6.07, 6.45) is 6.84. The number of nitrogens with zero attached hydrogens (tertiary/aromatic N) is 1. The average Bonchev–Trinajstić information content (AvgIpc) is 2.76. The van der Waals surface area contributed by atoms with Crippen molar-refractivity contribution in [3.63, 3.8) is 0 Å². The summed E-state index contributed by atoms with van der Waals surface area (Å²) in [5, 5.41) is 3.32. The lowest BCUT2D eigenvalue weighted by atomic mass is 10.2. The molecule has 0 aromatic carbocycles. The standard InChI is InChI=1S/C14H26N2O2/c1-4-5-6-7-8-17-14-16-13(11-18-14)10-15-9-12(2)3/h11-12,15H,4-10H2,1-3H3. The van der Waals surface area contributed by atoms with E-state index in [1.54, 1.807) is 6.26 Å². The second-order valence-corrected chi connectivity index (χ2v) is 5.04. The minimum Gasteiger partial charge on any atom is -0.450 e. The minimum absolute atomic E-state index is 0.396. The van der Waals surface area contributed by atoms with Gasteiger partial charge in [-0.2, -0.15) is 4.98 Å². The van der Waals surface area contributed by atoms with Crippen molar-refractivity contribution in [2.24, 2.45) is 5.92 Å². The normalized spacial score (nSPS) is 11.1. The van der Waals surface area contributed by atoms with E-state index in [9.17, 15) is 0 Å². The third-order valence-corrected chi connectivity index (χ3v) is 2.61. The molecule has 1 aromatic heterocycles. The Kier molecular flexibility index (Phi) is 7.49. The highest BCUT2D eigenvalue weighted by Gasteiger charge is 2.04. The Hall–Kier alpha value is -1.03. The Morgan fingerprint density at radius 3 is 2.89 bits per heavy atom. The van der Waals surface area contributed by atoms with E-state index in [1.807, 2.05) is 0 Å². The number of aromatic nitrogens is 1. The van der Waals surface area contributed by atoms with Crippen molar-refractivity contribution < 1.29 is 9.15 Å². The molecule has 0 atom stereocenters. The monoisotopic (exact) mass is 254 g/mol. The first kappa shape index (κ1) is 15.0. The van der Waals surface area contributed by atoms with Crippen LogP contribution in [0.1, 0.15) is 52.1 Å². The molecule has 4 nitrogen and oxygen atoms in total. The van der Waals surface area contributed by atoms with Crippen LogP contribution in [0.25, 0.3) is 0 Å². The summed E-state index contributed by atoms with van der Waals surface area (Å²) in [6, 6.07) is 0. The fourth-order valence-corrected chi connectivity index (χ4v) is 1.61. The highest BCUT2D eigenvalue weighted by Crippen LogP contribution is 2.11. The number of oxazole rings is 1. The molecular formula is C14H26N2O2. The molecule has 0 aliphatic rings. The molecule has 1 N–H and O–H groups in total. The van der Waals surface area contributed by atoms with Gasteiger partial charge in [-0.25, -0.2) is 0 Å². The smallest absolute Gasteiger partial charge is 0.393 e. The summed E-state index contributed by atoms with van der Waals surface area (Å²) >= 11 is 0. The summed E-state index contributed by atoms with van der Waals surface area (Å²) in [5.74, 6) is 0.645. The van der Waals surface area contributed by atoms with Gasteiger partial charge in [0.1, 0.15) is 6.26 Å². The van der Waals surface area contributed by atoms with Gasteiger partial charge in [-0.05, 0) is 18.9 Å². The molecule has 0 aliphatic carbocycles. The van der Waals surface area contributed by atoms with Crippen molar-refractivity contribution in [2.75, 3.05) is 13.2 Å². The Balaban J connectivity index is 2.13. The third-order valence-electron chi connectivity index (χ3n) is 2.61. The first-order valence-electron chi connectivity index (χ1n) is 7.00. The van der Waals surface area contributed by atoms with Crippen molar-refractivity contribution in [1.82, 2.24) is 10.3 Å². The molecule has 0 amide bonds. The lowest BCUT2D eigenvalue weighted by molar-refractivity contribution is 0.224. The number of rotatable bonds is 10. The predicted molar refractivity (Wildman–Crippen MR) is 72.7 cm³/mol. The lowest BCUT2D eigenvalue weighted by Gasteiger charge is -2.04.